The molecule has 0 bridgehead atoms. The summed E-state index contributed by atoms with van der Waals surface area (Å²) in [6.07, 6.45) is 9.33. The van der Waals surface area contributed by atoms with E-state index in [0.717, 1.165) is 68.6 Å². The van der Waals surface area contributed by atoms with Crippen molar-refractivity contribution in [3.63, 3.8) is 0 Å². The lowest BCUT2D eigenvalue weighted by Gasteiger charge is -2.31. The Morgan fingerprint density at radius 1 is 0.857 bits per heavy atom. The van der Waals surface area contributed by atoms with E-state index in [1.54, 1.807) is 6.07 Å². The number of likely N-dealkylation sites (tertiary alicyclic amines) is 1. The van der Waals surface area contributed by atoms with E-state index in [0.29, 0.717) is 12.1 Å². The summed E-state index contributed by atoms with van der Waals surface area (Å²) in [5, 5.41) is 15.7. The van der Waals surface area contributed by atoms with E-state index in [1.165, 1.54) is 37.8 Å². The maximum absolute atomic E-state index is 12.6. The molecule has 3 aromatic carbocycles. The van der Waals surface area contributed by atoms with Crippen molar-refractivity contribution < 1.29 is 19.4 Å². The van der Waals surface area contributed by atoms with Crippen LogP contribution in [0.3, 0.4) is 0 Å². The first kappa shape index (κ1) is 31.4. The molecule has 1 aliphatic heterocycles. The zero-order chi connectivity index (χ0) is 29.6. The number of hydrogen-bond donors (Lipinski definition) is 3. The summed E-state index contributed by atoms with van der Waals surface area (Å²) in [7, 11) is 0. The molecular weight excluding hydrogens is 550 g/mol. The normalized spacial score (nSPS) is 13.9. The number of unbranched alkanes of at least 4 members (excludes halogenated alkanes) is 6. The Labute approximate surface area is 254 Å². The van der Waals surface area contributed by atoms with Gasteiger partial charge in [-0.05, 0) is 62.1 Å². The third-order valence-electron chi connectivity index (χ3n) is 7.70. The molecule has 0 saturated carbocycles. The van der Waals surface area contributed by atoms with Crippen LogP contribution in [0.25, 0.3) is 11.1 Å². The predicted molar refractivity (Wildman–Crippen MR) is 169 cm³/mol. The number of ether oxygens (including phenoxy) is 1. The SMILES string of the molecule is O=C(Nc1ccccc1-c1ccccc1)OC1CCN(CCCCCCCCCNC(=O)c2ccc(Cl)c(O)c2)CC1. The standard InChI is InChI=1S/C34H42ClN3O4/c35-30-18-17-27(25-32(30)39)33(40)36-21-11-4-2-1-3-5-12-22-38-23-19-28(20-24-38)42-34(41)37-31-16-10-9-15-29(31)26-13-7-6-8-14-26/h6-10,13-18,25,28,39H,1-5,11-12,19-24H2,(H,36,40)(H,37,41). The molecule has 224 valence electrons. The van der Waals surface area contributed by atoms with E-state index in [9.17, 15) is 14.7 Å². The molecule has 3 N–H and O–H groups in total. The van der Waals surface area contributed by atoms with Gasteiger partial charge < -0.3 is 20.1 Å². The van der Waals surface area contributed by atoms with Gasteiger partial charge in [0.05, 0.1) is 10.7 Å². The van der Waals surface area contributed by atoms with Crippen LogP contribution in [0.1, 0.15) is 68.1 Å². The van der Waals surface area contributed by atoms with Gasteiger partial charge in [0.1, 0.15) is 11.9 Å². The largest absolute Gasteiger partial charge is 0.506 e. The minimum atomic E-state index is -0.388. The van der Waals surface area contributed by atoms with E-state index >= 15 is 0 Å². The van der Waals surface area contributed by atoms with Crippen LogP contribution in [-0.2, 0) is 4.74 Å². The van der Waals surface area contributed by atoms with Gasteiger partial charge in [-0.25, -0.2) is 4.79 Å². The number of rotatable bonds is 14. The van der Waals surface area contributed by atoms with Gasteiger partial charge >= 0.3 is 6.09 Å². The highest BCUT2D eigenvalue weighted by Crippen LogP contribution is 2.28. The van der Waals surface area contributed by atoms with Crippen molar-refractivity contribution in [3.8, 4) is 16.9 Å². The van der Waals surface area contributed by atoms with Crippen LogP contribution in [0.2, 0.25) is 5.02 Å². The Morgan fingerprint density at radius 3 is 2.26 bits per heavy atom. The Balaban J connectivity index is 1.01. The fraction of sp³-hybridized carbons (Fsp3) is 0.412. The van der Waals surface area contributed by atoms with Gasteiger partial charge in [0.2, 0.25) is 0 Å². The molecular formula is C34H42ClN3O4. The lowest BCUT2D eigenvalue weighted by Crippen LogP contribution is -2.38. The number of nitrogens with zero attached hydrogens (tertiary/aromatic N) is 1. The van der Waals surface area contributed by atoms with Crippen LogP contribution in [0.15, 0.2) is 72.8 Å². The minimum absolute atomic E-state index is 0.0479. The van der Waals surface area contributed by atoms with Crippen molar-refractivity contribution in [1.82, 2.24) is 10.2 Å². The highest BCUT2D eigenvalue weighted by atomic mass is 35.5. The Bertz CT molecular complexity index is 1280. The molecule has 8 heteroatoms. The number of halogens is 1. The summed E-state index contributed by atoms with van der Waals surface area (Å²) in [6, 6.07) is 22.3. The summed E-state index contributed by atoms with van der Waals surface area (Å²) in [6.45, 7) is 3.64. The molecule has 7 nitrogen and oxygen atoms in total. The number of phenolic OH excluding ortho intramolecular Hbond substituents is 1. The second-order valence-corrected chi connectivity index (χ2v) is 11.3. The number of hydrogen-bond acceptors (Lipinski definition) is 5. The Hall–Kier alpha value is -3.55. The first-order chi connectivity index (χ1) is 20.5. The monoisotopic (exact) mass is 591 g/mol. The van der Waals surface area contributed by atoms with E-state index in [1.807, 2.05) is 54.6 Å². The number of phenols is 1. The first-order valence-electron chi connectivity index (χ1n) is 15.1. The average molecular weight is 592 g/mol. The molecule has 0 radical (unpaired) electrons. The van der Waals surface area contributed by atoms with Crippen LogP contribution in [-0.4, -0.2) is 54.3 Å². The molecule has 2 amide bonds. The third kappa shape index (κ3) is 10.1. The van der Waals surface area contributed by atoms with E-state index < -0.39 is 0 Å². The van der Waals surface area contributed by atoms with Crippen molar-refractivity contribution in [2.45, 2.75) is 63.9 Å². The minimum Gasteiger partial charge on any atom is -0.506 e. The van der Waals surface area contributed by atoms with Gasteiger partial charge in [-0.3, -0.25) is 10.1 Å². The Morgan fingerprint density at radius 2 is 1.52 bits per heavy atom. The van der Waals surface area contributed by atoms with Gasteiger partial charge in [0.15, 0.2) is 0 Å². The van der Waals surface area contributed by atoms with Crippen LogP contribution < -0.4 is 10.6 Å². The molecule has 0 unspecified atom stereocenters. The lowest BCUT2D eigenvalue weighted by atomic mass is 10.0. The van der Waals surface area contributed by atoms with Crippen LogP contribution in [0.5, 0.6) is 5.75 Å². The number of carbonyl (C=O) groups is 2. The molecule has 0 aromatic heterocycles. The topological polar surface area (TPSA) is 90.9 Å². The number of benzene rings is 3. The van der Waals surface area contributed by atoms with Crippen molar-refractivity contribution in [1.29, 1.82) is 0 Å². The summed E-state index contributed by atoms with van der Waals surface area (Å²) in [5.74, 6) is -0.269. The second-order valence-electron chi connectivity index (χ2n) is 10.9. The van der Waals surface area contributed by atoms with Crippen molar-refractivity contribution in [2.24, 2.45) is 0 Å². The number of amides is 2. The van der Waals surface area contributed by atoms with Gasteiger partial charge in [-0.2, -0.15) is 0 Å². The number of piperidine rings is 1. The van der Waals surface area contributed by atoms with Crippen LogP contribution in [0.4, 0.5) is 10.5 Å². The summed E-state index contributed by atoms with van der Waals surface area (Å²) in [5.41, 5.74) is 3.21. The van der Waals surface area contributed by atoms with Crippen molar-refractivity contribution in [2.75, 3.05) is 31.5 Å². The summed E-state index contributed by atoms with van der Waals surface area (Å²) < 4.78 is 5.76. The quantitative estimate of drug-likeness (QED) is 0.166. The Kier molecular flexibility index (Phi) is 12.5. The van der Waals surface area contributed by atoms with Crippen molar-refractivity contribution in [3.05, 3.63) is 83.4 Å². The fourth-order valence-corrected chi connectivity index (χ4v) is 5.42. The summed E-state index contributed by atoms with van der Waals surface area (Å²) in [4.78, 5) is 27.3. The highest BCUT2D eigenvalue weighted by molar-refractivity contribution is 6.32. The van der Waals surface area contributed by atoms with E-state index in [-0.39, 0.29) is 28.9 Å². The third-order valence-corrected chi connectivity index (χ3v) is 8.02. The van der Waals surface area contributed by atoms with Crippen LogP contribution >= 0.6 is 11.6 Å². The number of aromatic hydroxyl groups is 1. The lowest BCUT2D eigenvalue weighted by molar-refractivity contribution is 0.0584. The number of carbonyl (C=O) groups excluding carboxylic acids is 2. The van der Waals surface area contributed by atoms with Gasteiger partial charge in [0.25, 0.3) is 5.91 Å². The molecule has 1 aliphatic rings. The number of anilines is 1. The molecule has 42 heavy (non-hydrogen) atoms. The molecule has 0 spiro atoms. The average Bonchev–Trinajstić information content (AvgIpc) is 3.01. The predicted octanol–water partition coefficient (Wildman–Crippen LogP) is 7.89. The van der Waals surface area contributed by atoms with E-state index in [2.05, 4.69) is 15.5 Å². The molecule has 3 aromatic rings. The smallest absolute Gasteiger partial charge is 0.411 e. The maximum atomic E-state index is 12.6. The van der Waals surface area contributed by atoms with Crippen LogP contribution in [0, 0.1) is 0 Å². The van der Waals surface area contributed by atoms with Crippen molar-refractivity contribution >= 4 is 29.3 Å². The molecule has 0 aliphatic carbocycles. The first-order valence-corrected chi connectivity index (χ1v) is 15.5. The van der Waals surface area contributed by atoms with Gasteiger partial charge in [-0.15, -0.1) is 0 Å². The van der Waals surface area contributed by atoms with Gasteiger partial charge in [-0.1, -0.05) is 92.2 Å². The number of para-hydroxylation sites is 1. The summed E-state index contributed by atoms with van der Waals surface area (Å²) >= 11 is 5.79. The second kappa shape index (κ2) is 16.8. The zero-order valence-corrected chi connectivity index (χ0v) is 25.0. The maximum Gasteiger partial charge on any atom is 0.411 e. The highest BCUT2D eigenvalue weighted by Gasteiger charge is 2.22. The number of nitrogens with one attached hydrogen (secondary N) is 2. The van der Waals surface area contributed by atoms with Gasteiger partial charge in [0, 0.05) is 30.8 Å². The molecule has 1 heterocycles. The van der Waals surface area contributed by atoms with E-state index in [4.69, 9.17) is 16.3 Å². The molecule has 1 saturated heterocycles. The zero-order valence-electron chi connectivity index (χ0n) is 24.2. The molecule has 1 fully saturated rings. The molecule has 4 rings (SSSR count). The molecule has 0 atom stereocenters. The fourth-order valence-electron chi connectivity index (χ4n) is 5.31.